The molecule has 0 spiro atoms. The van der Waals surface area contributed by atoms with Gasteiger partial charge in [0, 0.05) is 12.0 Å². The van der Waals surface area contributed by atoms with Gasteiger partial charge in [-0.05, 0) is 85.2 Å². The quantitative estimate of drug-likeness (QED) is 0.491. The molecule has 1 aromatic carbocycles. The fraction of sp³-hybridized carbons (Fsp3) is 0.645. The largest absolute Gasteiger partial charge is 0.458 e. The van der Waals surface area contributed by atoms with Gasteiger partial charge in [-0.1, -0.05) is 76.1 Å². The van der Waals surface area contributed by atoms with Gasteiger partial charge in [-0.25, -0.2) is 4.79 Å². The highest BCUT2D eigenvalue weighted by atomic mass is 16.5. The van der Waals surface area contributed by atoms with Crippen molar-refractivity contribution in [2.45, 2.75) is 79.2 Å². The Kier molecular flexibility index (Phi) is 5.87. The molecule has 3 fully saturated rings. The van der Waals surface area contributed by atoms with Gasteiger partial charge in [-0.3, -0.25) is 0 Å². The van der Waals surface area contributed by atoms with Crippen LogP contribution in [0.2, 0.25) is 0 Å². The van der Waals surface area contributed by atoms with E-state index >= 15 is 0 Å². The molecule has 0 heterocycles. The van der Waals surface area contributed by atoms with E-state index in [4.69, 9.17) is 4.74 Å². The molecule has 0 radical (unpaired) electrons. The lowest BCUT2D eigenvalue weighted by Gasteiger charge is -2.58. The summed E-state index contributed by atoms with van der Waals surface area (Å²) in [6.07, 6.45) is 11.7. The molecule has 7 atom stereocenters. The summed E-state index contributed by atoms with van der Waals surface area (Å²) in [5.74, 6) is 2.01. The number of carbonyl (C=O) groups is 1. The van der Waals surface area contributed by atoms with Gasteiger partial charge in [0.2, 0.25) is 0 Å². The van der Waals surface area contributed by atoms with Gasteiger partial charge in [0.1, 0.15) is 6.10 Å². The van der Waals surface area contributed by atoms with Gasteiger partial charge < -0.3 is 9.84 Å². The topological polar surface area (TPSA) is 46.5 Å². The molecule has 1 unspecified atom stereocenters. The molecule has 0 aromatic heterocycles. The maximum absolute atomic E-state index is 12.9. The number of allylic oxidation sites excluding steroid dienone is 3. The Labute approximate surface area is 205 Å². The second-order valence-corrected chi connectivity index (χ2v) is 12.7. The summed E-state index contributed by atoms with van der Waals surface area (Å²) in [7, 11) is 0. The molecule has 0 bridgehead atoms. The first kappa shape index (κ1) is 23.9. The Hall–Kier alpha value is -1.87. The van der Waals surface area contributed by atoms with Gasteiger partial charge in [0.05, 0.1) is 5.56 Å². The van der Waals surface area contributed by atoms with Crippen LogP contribution in [0.25, 0.3) is 0 Å². The highest BCUT2D eigenvalue weighted by Crippen LogP contribution is 2.67. The maximum atomic E-state index is 12.9. The Morgan fingerprint density at radius 2 is 1.74 bits per heavy atom. The van der Waals surface area contributed by atoms with Crippen LogP contribution in [0, 0.1) is 39.9 Å². The minimum atomic E-state index is -0.210. The summed E-state index contributed by atoms with van der Waals surface area (Å²) in [5, 5.41) is 9.89. The van der Waals surface area contributed by atoms with Crippen molar-refractivity contribution < 1.29 is 14.6 Å². The molecule has 3 saturated carbocycles. The zero-order valence-corrected chi connectivity index (χ0v) is 21.6. The van der Waals surface area contributed by atoms with Crippen LogP contribution in [-0.4, -0.2) is 23.8 Å². The van der Waals surface area contributed by atoms with E-state index in [1.54, 1.807) is 5.57 Å². The second-order valence-electron chi connectivity index (χ2n) is 12.7. The average molecular weight is 463 g/mol. The minimum absolute atomic E-state index is 0.107. The highest BCUT2D eigenvalue weighted by molar-refractivity contribution is 5.89. The normalized spacial score (nSPS) is 39.1. The van der Waals surface area contributed by atoms with Crippen LogP contribution in [0.5, 0.6) is 0 Å². The van der Waals surface area contributed by atoms with Crippen LogP contribution in [0.4, 0.5) is 0 Å². The first-order valence-corrected chi connectivity index (χ1v) is 13.4. The van der Waals surface area contributed by atoms with E-state index in [9.17, 15) is 9.90 Å². The number of hydrogen-bond donors (Lipinski definition) is 1. The summed E-state index contributed by atoms with van der Waals surface area (Å²) < 4.78 is 6.14. The van der Waals surface area contributed by atoms with Crippen LogP contribution in [0.15, 0.2) is 53.6 Å². The third-order valence-electron chi connectivity index (χ3n) is 10.7. The monoisotopic (exact) mass is 462 g/mol. The Morgan fingerprint density at radius 3 is 2.44 bits per heavy atom. The standard InChI is InChI=1S/C31H42O3/c1-20(19-32)23-12-13-24-22-11-14-26-29(2,3)27(34-28(33)21-9-7-6-8-10-21)16-18-31(26,5)25(22)15-17-30(23,24)4/h6-11,14,20,23-25,27,32H,12-13,15-19H2,1-5H3/t20-,23-,24+,25+,27?,30-,31-/m1/s1. The molecule has 34 heavy (non-hydrogen) atoms. The number of benzene rings is 1. The van der Waals surface area contributed by atoms with Gasteiger partial charge in [-0.2, -0.15) is 0 Å². The number of hydrogen-bond acceptors (Lipinski definition) is 3. The van der Waals surface area contributed by atoms with Crippen molar-refractivity contribution in [1.29, 1.82) is 0 Å². The van der Waals surface area contributed by atoms with Gasteiger partial charge in [0.25, 0.3) is 0 Å². The van der Waals surface area contributed by atoms with Gasteiger partial charge in [-0.15, -0.1) is 0 Å². The van der Waals surface area contributed by atoms with Gasteiger partial charge >= 0.3 is 5.97 Å². The molecule has 3 heteroatoms. The third kappa shape index (κ3) is 3.45. The lowest BCUT2D eigenvalue weighted by molar-refractivity contribution is -0.0398. The van der Waals surface area contributed by atoms with E-state index < -0.39 is 0 Å². The van der Waals surface area contributed by atoms with Crippen molar-refractivity contribution in [2.75, 3.05) is 6.61 Å². The van der Waals surface area contributed by atoms with Crippen LogP contribution >= 0.6 is 0 Å². The number of aliphatic hydroxyl groups excluding tert-OH is 1. The molecular weight excluding hydrogens is 420 g/mol. The zero-order chi connectivity index (χ0) is 24.3. The molecule has 3 nitrogen and oxygen atoms in total. The summed E-state index contributed by atoms with van der Waals surface area (Å²) in [5.41, 5.74) is 4.01. The van der Waals surface area contributed by atoms with Crippen molar-refractivity contribution >= 4 is 5.97 Å². The van der Waals surface area contributed by atoms with E-state index in [1.807, 2.05) is 30.3 Å². The number of esters is 1. The van der Waals surface area contributed by atoms with Gasteiger partial charge in [0.15, 0.2) is 0 Å². The summed E-state index contributed by atoms with van der Waals surface area (Å²) >= 11 is 0. The Bertz CT molecular complexity index is 1000. The van der Waals surface area contributed by atoms with Crippen molar-refractivity contribution in [3.05, 3.63) is 59.2 Å². The van der Waals surface area contributed by atoms with Crippen LogP contribution in [0.3, 0.4) is 0 Å². The van der Waals surface area contributed by atoms with Crippen LogP contribution < -0.4 is 0 Å². The van der Waals surface area contributed by atoms with E-state index in [-0.39, 0.29) is 22.9 Å². The van der Waals surface area contributed by atoms with E-state index in [1.165, 1.54) is 31.3 Å². The first-order valence-electron chi connectivity index (χ1n) is 13.4. The second kappa shape index (κ2) is 8.36. The van der Waals surface area contributed by atoms with Crippen molar-refractivity contribution in [2.24, 2.45) is 39.9 Å². The fourth-order valence-corrected chi connectivity index (χ4v) is 8.78. The average Bonchev–Trinajstić information content (AvgIpc) is 3.18. The first-order chi connectivity index (χ1) is 16.1. The summed E-state index contributed by atoms with van der Waals surface area (Å²) in [6.45, 7) is 12.1. The fourth-order valence-electron chi connectivity index (χ4n) is 8.78. The number of ether oxygens (including phenoxy) is 1. The molecule has 0 amide bonds. The summed E-state index contributed by atoms with van der Waals surface area (Å²) in [4.78, 5) is 12.9. The molecule has 4 aliphatic carbocycles. The number of aliphatic hydroxyl groups is 1. The summed E-state index contributed by atoms with van der Waals surface area (Å²) in [6, 6.07) is 9.38. The van der Waals surface area contributed by atoms with Crippen LogP contribution in [-0.2, 0) is 4.74 Å². The molecule has 5 rings (SSSR count). The lowest BCUT2D eigenvalue weighted by atomic mass is 9.47. The number of rotatable bonds is 4. The lowest BCUT2D eigenvalue weighted by Crippen LogP contribution is -2.52. The number of carbonyl (C=O) groups excluding carboxylic acids is 1. The van der Waals surface area contributed by atoms with Crippen molar-refractivity contribution in [1.82, 2.24) is 0 Å². The Balaban J connectivity index is 1.43. The molecule has 4 aliphatic rings. The molecule has 0 aliphatic heterocycles. The zero-order valence-electron chi connectivity index (χ0n) is 21.6. The highest BCUT2D eigenvalue weighted by Gasteiger charge is 2.59. The smallest absolute Gasteiger partial charge is 0.338 e. The predicted octanol–water partition coefficient (Wildman–Crippen LogP) is 6.98. The van der Waals surface area contributed by atoms with E-state index in [0.717, 1.165) is 12.8 Å². The Morgan fingerprint density at radius 1 is 1.00 bits per heavy atom. The van der Waals surface area contributed by atoms with Crippen LogP contribution in [0.1, 0.15) is 83.5 Å². The van der Waals surface area contributed by atoms with Crippen molar-refractivity contribution in [3.8, 4) is 0 Å². The minimum Gasteiger partial charge on any atom is -0.458 e. The van der Waals surface area contributed by atoms with E-state index in [0.29, 0.717) is 41.3 Å². The third-order valence-corrected chi connectivity index (χ3v) is 10.7. The molecular formula is C31H42O3. The molecule has 1 aromatic rings. The molecule has 0 saturated heterocycles. The molecule has 184 valence electrons. The predicted molar refractivity (Wildman–Crippen MR) is 136 cm³/mol. The SMILES string of the molecule is C[C@H](CO)[C@H]1CC[C@H]2C3=CC=C4C(C)(C)C(OC(=O)c5ccccc5)CC[C@]4(C)[C@H]3CC[C@]12C. The maximum Gasteiger partial charge on any atom is 0.338 e. The number of fused-ring (bicyclic) bond motifs is 5. The van der Waals surface area contributed by atoms with E-state index in [2.05, 4.69) is 46.8 Å². The van der Waals surface area contributed by atoms with Crippen molar-refractivity contribution in [3.63, 3.8) is 0 Å². The molecule has 1 N–H and O–H groups in total.